The smallest absolute Gasteiger partial charge is 0.199 e. The lowest BCUT2D eigenvalue weighted by atomic mass is 10.2. The Labute approximate surface area is 118 Å². The molecule has 1 aliphatic heterocycles. The molecule has 0 amide bonds. The molecular formula is C12H11BrN4S. The Morgan fingerprint density at radius 1 is 1.22 bits per heavy atom. The molecule has 3 rings (SSSR count). The van der Waals surface area contributed by atoms with E-state index in [2.05, 4.69) is 36.5 Å². The first-order valence-electron chi connectivity index (χ1n) is 5.58. The summed E-state index contributed by atoms with van der Waals surface area (Å²) in [5, 5.41) is 6.60. The topological polar surface area (TPSA) is 52.7 Å². The number of hydrogen-bond donors (Lipinski definition) is 3. The molecule has 18 heavy (non-hydrogen) atoms. The molecule has 6 heteroatoms. The molecule has 2 aromatic rings. The monoisotopic (exact) mass is 322 g/mol. The number of H-pyrrole nitrogens is 1. The standard InChI is InChI=1S/C12H11BrN4S/c13-7-1-3-8(4-2-7)15-11-9-5-14-6-10(9)16-12(18)17-11/h1-4,14H,5-6H2,(H2,15,16,17,18). The number of nitrogens with zero attached hydrogens (tertiary/aromatic N) is 1. The van der Waals surface area contributed by atoms with Crippen molar-refractivity contribution in [1.82, 2.24) is 15.3 Å². The van der Waals surface area contributed by atoms with Crippen LogP contribution in [0.15, 0.2) is 28.7 Å². The molecule has 1 aromatic carbocycles. The fraction of sp³-hybridized carbons (Fsp3) is 0.167. The van der Waals surface area contributed by atoms with Crippen LogP contribution < -0.4 is 10.6 Å². The summed E-state index contributed by atoms with van der Waals surface area (Å²) in [6, 6.07) is 7.98. The molecule has 1 aliphatic rings. The summed E-state index contributed by atoms with van der Waals surface area (Å²) < 4.78 is 1.57. The minimum Gasteiger partial charge on any atom is -0.340 e. The summed E-state index contributed by atoms with van der Waals surface area (Å²) in [5.41, 5.74) is 3.28. The van der Waals surface area contributed by atoms with E-state index >= 15 is 0 Å². The number of hydrogen-bond acceptors (Lipinski definition) is 4. The van der Waals surface area contributed by atoms with Crippen molar-refractivity contribution in [2.24, 2.45) is 0 Å². The molecule has 2 heterocycles. The third kappa shape index (κ3) is 2.31. The largest absolute Gasteiger partial charge is 0.340 e. The van der Waals surface area contributed by atoms with Gasteiger partial charge in [-0.25, -0.2) is 4.98 Å². The highest BCUT2D eigenvalue weighted by atomic mass is 79.9. The van der Waals surface area contributed by atoms with Crippen LogP contribution in [0.3, 0.4) is 0 Å². The molecule has 0 atom stereocenters. The van der Waals surface area contributed by atoms with Crippen molar-refractivity contribution in [2.75, 3.05) is 5.32 Å². The van der Waals surface area contributed by atoms with Crippen molar-refractivity contribution in [3.63, 3.8) is 0 Å². The average molecular weight is 323 g/mol. The van der Waals surface area contributed by atoms with Crippen molar-refractivity contribution in [1.29, 1.82) is 0 Å². The second-order valence-electron chi connectivity index (χ2n) is 4.08. The van der Waals surface area contributed by atoms with Gasteiger partial charge in [0.15, 0.2) is 4.77 Å². The highest BCUT2D eigenvalue weighted by Gasteiger charge is 2.16. The van der Waals surface area contributed by atoms with Crippen molar-refractivity contribution in [3.8, 4) is 0 Å². The van der Waals surface area contributed by atoms with E-state index in [9.17, 15) is 0 Å². The third-order valence-electron chi connectivity index (χ3n) is 2.83. The number of aromatic nitrogens is 2. The van der Waals surface area contributed by atoms with Crippen LogP contribution in [-0.2, 0) is 13.1 Å². The predicted octanol–water partition coefficient (Wildman–Crippen LogP) is 3.25. The zero-order chi connectivity index (χ0) is 12.5. The molecule has 0 bridgehead atoms. The molecule has 0 unspecified atom stereocenters. The first kappa shape index (κ1) is 11.8. The van der Waals surface area contributed by atoms with Crippen LogP contribution in [0.2, 0.25) is 0 Å². The van der Waals surface area contributed by atoms with Crippen LogP contribution in [0.5, 0.6) is 0 Å². The lowest BCUT2D eigenvalue weighted by Crippen LogP contribution is -2.02. The molecule has 0 saturated carbocycles. The molecule has 1 aromatic heterocycles. The highest BCUT2D eigenvalue weighted by Crippen LogP contribution is 2.24. The molecule has 0 spiro atoms. The van der Waals surface area contributed by atoms with E-state index in [-0.39, 0.29) is 0 Å². The number of aromatic amines is 1. The fourth-order valence-electron chi connectivity index (χ4n) is 1.97. The summed E-state index contributed by atoms with van der Waals surface area (Å²) in [6.45, 7) is 1.63. The second-order valence-corrected chi connectivity index (χ2v) is 5.39. The summed E-state index contributed by atoms with van der Waals surface area (Å²) in [7, 11) is 0. The summed E-state index contributed by atoms with van der Waals surface area (Å²) in [6.07, 6.45) is 0. The van der Waals surface area contributed by atoms with Gasteiger partial charge in [0, 0.05) is 34.5 Å². The lowest BCUT2D eigenvalue weighted by Gasteiger charge is -2.09. The highest BCUT2D eigenvalue weighted by molar-refractivity contribution is 9.10. The van der Waals surface area contributed by atoms with Gasteiger partial charge in [-0.15, -0.1) is 0 Å². The van der Waals surface area contributed by atoms with Gasteiger partial charge in [0.25, 0.3) is 0 Å². The van der Waals surface area contributed by atoms with Crippen molar-refractivity contribution < 1.29 is 0 Å². The first-order chi connectivity index (χ1) is 8.72. The Morgan fingerprint density at radius 2 is 2.00 bits per heavy atom. The van der Waals surface area contributed by atoms with E-state index < -0.39 is 0 Å². The number of halogens is 1. The van der Waals surface area contributed by atoms with Gasteiger partial charge in [0.1, 0.15) is 5.82 Å². The lowest BCUT2D eigenvalue weighted by molar-refractivity contribution is 0.757. The van der Waals surface area contributed by atoms with Gasteiger partial charge in [-0.2, -0.15) is 0 Å². The van der Waals surface area contributed by atoms with Gasteiger partial charge in [-0.3, -0.25) is 0 Å². The maximum Gasteiger partial charge on any atom is 0.199 e. The van der Waals surface area contributed by atoms with Gasteiger partial charge in [-0.05, 0) is 36.5 Å². The number of anilines is 2. The SMILES string of the molecule is S=c1nc(Nc2ccc(Br)cc2)c2c([nH]1)CNC2. The fourth-order valence-corrected chi connectivity index (χ4v) is 2.45. The Morgan fingerprint density at radius 3 is 2.78 bits per heavy atom. The van der Waals surface area contributed by atoms with Crippen LogP contribution in [-0.4, -0.2) is 9.97 Å². The van der Waals surface area contributed by atoms with Crippen LogP contribution in [0.4, 0.5) is 11.5 Å². The quantitative estimate of drug-likeness (QED) is 0.743. The van der Waals surface area contributed by atoms with Crippen molar-refractivity contribution in [3.05, 3.63) is 44.8 Å². The Hall–Kier alpha value is -1.24. The maximum absolute atomic E-state index is 5.14. The van der Waals surface area contributed by atoms with E-state index in [0.29, 0.717) is 4.77 Å². The van der Waals surface area contributed by atoms with Gasteiger partial charge in [0.2, 0.25) is 0 Å². The Balaban J connectivity index is 1.98. The summed E-state index contributed by atoms with van der Waals surface area (Å²) in [4.78, 5) is 7.48. The van der Waals surface area contributed by atoms with Crippen molar-refractivity contribution >= 4 is 39.7 Å². The van der Waals surface area contributed by atoms with E-state index in [0.717, 1.165) is 40.3 Å². The maximum atomic E-state index is 5.14. The first-order valence-corrected chi connectivity index (χ1v) is 6.78. The predicted molar refractivity (Wildman–Crippen MR) is 77.4 cm³/mol. The van der Waals surface area contributed by atoms with Gasteiger partial charge in [-0.1, -0.05) is 15.9 Å². The van der Waals surface area contributed by atoms with E-state index in [1.165, 1.54) is 0 Å². The van der Waals surface area contributed by atoms with Crippen LogP contribution >= 0.6 is 28.1 Å². The average Bonchev–Trinajstić information content (AvgIpc) is 2.80. The molecule has 92 valence electrons. The zero-order valence-electron chi connectivity index (χ0n) is 9.46. The summed E-state index contributed by atoms with van der Waals surface area (Å²) >= 11 is 8.55. The van der Waals surface area contributed by atoms with E-state index in [1.54, 1.807) is 0 Å². The normalized spacial score (nSPS) is 13.4. The molecular weight excluding hydrogens is 312 g/mol. The minimum absolute atomic E-state index is 0.511. The molecule has 4 nitrogen and oxygen atoms in total. The number of rotatable bonds is 2. The second kappa shape index (κ2) is 4.79. The molecule has 0 radical (unpaired) electrons. The zero-order valence-corrected chi connectivity index (χ0v) is 11.9. The number of benzene rings is 1. The van der Waals surface area contributed by atoms with Crippen LogP contribution in [0, 0.1) is 4.77 Å². The Kier molecular flexibility index (Phi) is 3.15. The van der Waals surface area contributed by atoms with Gasteiger partial charge < -0.3 is 15.6 Å². The van der Waals surface area contributed by atoms with Crippen LogP contribution in [0.25, 0.3) is 0 Å². The van der Waals surface area contributed by atoms with E-state index in [4.69, 9.17) is 12.2 Å². The van der Waals surface area contributed by atoms with Gasteiger partial charge in [0.05, 0.1) is 0 Å². The third-order valence-corrected chi connectivity index (χ3v) is 3.55. The number of fused-ring (bicyclic) bond motifs is 1. The molecule has 3 N–H and O–H groups in total. The van der Waals surface area contributed by atoms with Gasteiger partial charge >= 0.3 is 0 Å². The summed E-state index contributed by atoms with van der Waals surface area (Å²) in [5.74, 6) is 0.834. The van der Waals surface area contributed by atoms with Crippen LogP contribution in [0.1, 0.15) is 11.3 Å². The van der Waals surface area contributed by atoms with Crippen molar-refractivity contribution in [2.45, 2.75) is 13.1 Å². The molecule has 0 fully saturated rings. The molecule has 0 saturated heterocycles. The Bertz CT molecular complexity index is 636. The molecule has 0 aliphatic carbocycles. The van der Waals surface area contributed by atoms with E-state index in [1.807, 2.05) is 24.3 Å². The number of nitrogens with one attached hydrogen (secondary N) is 3. The minimum atomic E-state index is 0.511.